The van der Waals surface area contributed by atoms with Gasteiger partial charge in [0, 0.05) is 18.4 Å². The lowest BCUT2D eigenvalue weighted by molar-refractivity contribution is 0.154. The smallest absolute Gasteiger partial charge is 0.350 e. The number of nitrogens with one attached hydrogen (secondary N) is 1. The standard InChI is InChI=1S/C8H14N3O5P/c9-8-10-6(4-7(12)11-8)2-1-3-16-5-17(13,14)15/h4H,1-3,5H2,(H2,13,14,15)(H3,9,10,11,12). The van der Waals surface area contributed by atoms with Crippen LogP contribution in [0.1, 0.15) is 12.1 Å². The SMILES string of the molecule is Nc1nc(CCCOCP(=O)(O)O)cc(=O)[nH]1. The van der Waals surface area contributed by atoms with Gasteiger partial charge in [-0.15, -0.1) is 0 Å². The van der Waals surface area contributed by atoms with Gasteiger partial charge in [-0.3, -0.25) is 14.3 Å². The number of nitrogens with two attached hydrogens (primary N) is 1. The van der Waals surface area contributed by atoms with Crippen LogP contribution in [-0.2, 0) is 15.7 Å². The molecule has 0 fully saturated rings. The van der Waals surface area contributed by atoms with Gasteiger partial charge in [0.05, 0.1) is 0 Å². The third kappa shape index (κ3) is 6.18. The third-order valence-electron chi connectivity index (χ3n) is 1.79. The number of hydrogen-bond acceptors (Lipinski definition) is 5. The first-order valence-corrected chi connectivity index (χ1v) is 6.64. The molecule has 0 radical (unpaired) electrons. The Balaban J connectivity index is 2.31. The van der Waals surface area contributed by atoms with E-state index in [2.05, 4.69) is 9.97 Å². The van der Waals surface area contributed by atoms with Crippen LogP contribution in [0.25, 0.3) is 0 Å². The first kappa shape index (κ1) is 13.9. The van der Waals surface area contributed by atoms with Crippen molar-refractivity contribution in [1.29, 1.82) is 0 Å². The van der Waals surface area contributed by atoms with E-state index in [9.17, 15) is 9.36 Å². The highest BCUT2D eigenvalue weighted by atomic mass is 31.2. The Morgan fingerprint density at radius 3 is 2.82 bits per heavy atom. The molecule has 0 unspecified atom stereocenters. The van der Waals surface area contributed by atoms with Crippen LogP contribution in [0.3, 0.4) is 0 Å². The van der Waals surface area contributed by atoms with Gasteiger partial charge < -0.3 is 20.3 Å². The van der Waals surface area contributed by atoms with Crippen molar-refractivity contribution in [2.75, 3.05) is 18.7 Å². The van der Waals surface area contributed by atoms with Crippen molar-refractivity contribution in [3.05, 3.63) is 22.1 Å². The predicted molar refractivity (Wildman–Crippen MR) is 60.5 cm³/mol. The Morgan fingerprint density at radius 1 is 1.53 bits per heavy atom. The molecule has 1 aromatic heterocycles. The predicted octanol–water partition coefficient (Wildman–Crippen LogP) is -0.564. The normalized spacial score (nSPS) is 11.6. The van der Waals surface area contributed by atoms with Crippen LogP contribution in [0.4, 0.5) is 5.95 Å². The summed E-state index contributed by atoms with van der Waals surface area (Å²) in [5.41, 5.74) is 5.54. The molecule has 0 aliphatic rings. The highest BCUT2D eigenvalue weighted by Gasteiger charge is 2.11. The van der Waals surface area contributed by atoms with Gasteiger partial charge in [-0.25, -0.2) is 4.98 Å². The molecule has 0 amide bonds. The molecule has 5 N–H and O–H groups in total. The van der Waals surface area contributed by atoms with Crippen molar-refractivity contribution in [3.8, 4) is 0 Å². The zero-order valence-electron chi connectivity index (χ0n) is 9.00. The molecule has 1 rings (SSSR count). The molecule has 0 aromatic carbocycles. The van der Waals surface area contributed by atoms with E-state index in [-0.39, 0.29) is 18.1 Å². The molecule has 0 spiro atoms. The van der Waals surface area contributed by atoms with Gasteiger partial charge >= 0.3 is 7.60 Å². The summed E-state index contributed by atoms with van der Waals surface area (Å²) < 4.78 is 15.2. The maximum atomic E-state index is 11.0. The average Bonchev–Trinajstić information content (AvgIpc) is 2.13. The fourth-order valence-corrected chi connectivity index (χ4v) is 1.56. The van der Waals surface area contributed by atoms with E-state index in [0.717, 1.165) is 0 Å². The van der Waals surface area contributed by atoms with Gasteiger partial charge in [-0.05, 0) is 12.8 Å². The molecule has 0 saturated heterocycles. The van der Waals surface area contributed by atoms with E-state index >= 15 is 0 Å². The fraction of sp³-hybridized carbons (Fsp3) is 0.500. The molecule has 0 aliphatic carbocycles. The van der Waals surface area contributed by atoms with E-state index in [1.807, 2.05) is 0 Å². The molecule has 1 heterocycles. The lowest BCUT2D eigenvalue weighted by Crippen LogP contribution is -2.12. The quantitative estimate of drug-likeness (QED) is 0.398. The zero-order valence-corrected chi connectivity index (χ0v) is 9.89. The molecule has 9 heteroatoms. The third-order valence-corrected chi connectivity index (χ3v) is 2.31. The van der Waals surface area contributed by atoms with Crippen molar-refractivity contribution < 1.29 is 19.1 Å². The van der Waals surface area contributed by atoms with E-state index < -0.39 is 13.9 Å². The summed E-state index contributed by atoms with van der Waals surface area (Å²) in [4.78, 5) is 34.3. The molecule has 0 atom stereocenters. The summed E-state index contributed by atoms with van der Waals surface area (Å²) in [6, 6.07) is 1.32. The maximum absolute atomic E-state index is 11.0. The van der Waals surface area contributed by atoms with Crippen molar-refractivity contribution in [2.45, 2.75) is 12.8 Å². The van der Waals surface area contributed by atoms with Crippen molar-refractivity contribution in [3.63, 3.8) is 0 Å². The summed E-state index contributed by atoms with van der Waals surface area (Å²) in [5.74, 6) is 0.0450. The topological polar surface area (TPSA) is 139 Å². The summed E-state index contributed by atoms with van der Waals surface area (Å²) in [5, 5.41) is 0. The number of H-pyrrole nitrogens is 1. The van der Waals surface area contributed by atoms with Crippen LogP contribution in [0.15, 0.2) is 10.9 Å². The van der Waals surface area contributed by atoms with Crippen molar-refractivity contribution >= 4 is 13.5 Å². The minimum atomic E-state index is -4.11. The van der Waals surface area contributed by atoms with Gasteiger partial charge in [-0.2, -0.15) is 0 Å². The molecular formula is C8H14N3O5P. The first-order chi connectivity index (χ1) is 7.87. The van der Waals surface area contributed by atoms with Crippen LogP contribution in [-0.4, -0.2) is 32.7 Å². The lowest BCUT2D eigenvalue weighted by atomic mass is 10.2. The molecule has 0 saturated carbocycles. The highest BCUT2D eigenvalue weighted by molar-refractivity contribution is 7.51. The minimum Gasteiger partial charge on any atom is -0.369 e. The summed E-state index contributed by atoms with van der Waals surface area (Å²) in [7, 11) is -4.11. The van der Waals surface area contributed by atoms with Crippen LogP contribution in [0, 0.1) is 0 Å². The number of anilines is 1. The number of aromatic nitrogens is 2. The maximum Gasteiger partial charge on any atom is 0.350 e. The average molecular weight is 263 g/mol. The Labute approximate surface area is 97.0 Å². The zero-order chi connectivity index (χ0) is 12.9. The molecule has 8 nitrogen and oxygen atoms in total. The summed E-state index contributed by atoms with van der Waals surface area (Å²) in [6.07, 6.45) is 0.350. The van der Waals surface area contributed by atoms with Gasteiger partial charge in [-0.1, -0.05) is 0 Å². The monoisotopic (exact) mass is 263 g/mol. The second-order valence-electron chi connectivity index (χ2n) is 3.43. The Kier molecular flexibility index (Phi) is 4.83. The van der Waals surface area contributed by atoms with Crippen LogP contribution < -0.4 is 11.3 Å². The Bertz CT molecular complexity index is 468. The van der Waals surface area contributed by atoms with Gasteiger partial charge in [0.2, 0.25) is 5.95 Å². The largest absolute Gasteiger partial charge is 0.369 e. The molecule has 0 bridgehead atoms. The van der Waals surface area contributed by atoms with Gasteiger partial charge in [0.1, 0.15) is 6.35 Å². The van der Waals surface area contributed by atoms with E-state index in [0.29, 0.717) is 18.5 Å². The van der Waals surface area contributed by atoms with E-state index in [1.165, 1.54) is 6.07 Å². The summed E-state index contributed by atoms with van der Waals surface area (Å²) >= 11 is 0. The molecule has 1 aromatic rings. The minimum absolute atomic E-state index is 0.0450. The molecule has 96 valence electrons. The van der Waals surface area contributed by atoms with Gasteiger partial charge in [0.15, 0.2) is 0 Å². The summed E-state index contributed by atoms with van der Waals surface area (Å²) in [6.45, 7) is 0.180. The Morgan fingerprint density at radius 2 is 2.24 bits per heavy atom. The van der Waals surface area contributed by atoms with Crippen molar-refractivity contribution in [1.82, 2.24) is 9.97 Å². The number of ether oxygens (including phenoxy) is 1. The molecular weight excluding hydrogens is 249 g/mol. The second-order valence-corrected chi connectivity index (χ2v) is 5.02. The van der Waals surface area contributed by atoms with E-state index in [4.69, 9.17) is 20.3 Å². The fourth-order valence-electron chi connectivity index (χ4n) is 1.20. The van der Waals surface area contributed by atoms with Crippen LogP contribution in [0.2, 0.25) is 0 Å². The first-order valence-electron chi connectivity index (χ1n) is 4.85. The Hall–Kier alpha value is -1.21. The van der Waals surface area contributed by atoms with Crippen molar-refractivity contribution in [2.24, 2.45) is 0 Å². The molecule has 0 aliphatic heterocycles. The lowest BCUT2D eigenvalue weighted by Gasteiger charge is -2.05. The molecule has 17 heavy (non-hydrogen) atoms. The number of hydrogen-bond donors (Lipinski definition) is 4. The van der Waals surface area contributed by atoms with Crippen LogP contribution in [0.5, 0.6) is 0 Å². The number of aromatic amines is 1. The number of rotatable bonds is 6. The number of nitrogen functional groups attached to an aromatic ring is 1. The van der Waals surface area contributed by atoms with Crippen LogP contribution >= 0.6 is 7.60 Å². The number of nitrogens with zero attached hydrogens (tertiary/aromatic N) is 1. The van der Waals surface area contributed by atoms with E-state index in [1.54, 1.807) is 0 Å². The number of aryl methyl sites for hydroxylation is 1. The van der Waals surface area contributed by atoms with Gasteiger partial charge in [0.25, 0.3) is 5.56 Å². The second kappa shape index (κ2) is 5.92. The highest BCUT2D eigenvalue weighted by Crippen LogP contribution is 2.33.